The number of carbonyl (C=O) groups excluding carboxylic acids is 1. The maximum absolute atomic E-state index is 11.9. The first-order valence-electron chi connectivity index (χ1n) is 7.94. The lowest BCUT2D eigenvalue weighted by atomic mass is 9.97. The Kier molecular flexibility index (Phi) is 6.21. The number of aryl methyl sites for hydroxylation is 1. The summed E-state index contributed by atoms with van der Waals surface area (Å²) in [6.45, 7) is 3.39. The summed E-state index contributed by atoms with van der Waals surface area (Å²) in [5.41, 5.74) is 0.275. The molecule has 0 aromatic heterocycles. The number of ether oxygens (including phenoxy) is 1. The maximum atomic E-state index is 11.9. The highest BCUT2D eigenvalue weighted by Crippen LogP contribution is 2.13. The molecule has 1 aliphatic heterocycles. The zero-order chi connectivity index (χ0) is 15.8. The van der Waals surface area contributed by atoms with E-state index < -0.39 is 5.60 Å². The maximum Gasteiger partial charge on any atom is 0.315 e. The lowest BCUT2D eigenvalue weighted by Crippen LogP contribution is -2.49. The fourth-order valence-corrected chi connectivity index (χ4v) is 2.50. The molecule has 1 heterocycles. The van der Waals surface area contributed by atoms with Crippen molar-refractivity contribution in [2.24, 2.45) is 0 Å². The van der Waals surface area contributed by atoms with E-state index in [9.17, 15) is 9.90 Å². The summed E-state index contributed by atoms with van der Waals surface area (Å²) in [6, 6.07) is 10.00. The van der Waals surface area contributed by atoms with Gasteiger partial charge >= 0.3 is 6.03 Å². The molecule has 1 unspecified atom stereocenters. The fourth-order valence-electron chi connectivity index (χ4n) is 2.50. The van der Waals surface area contributed by atoms with E-state index in [1.54, 1.807) is 6.92 Å². The molecule has 5 heteroatoms. The first-order valence-corrected chi connectivity index (χ1v) is 7.94. The molecule has 0 aliphatic carbocycles. The van der Waals surface area contributed by atoms with Crippen LogP contribution in [-0.2, 0) is 11.2 Å². The van der Waals surface area contributed by atoms with Crippen LogP contribution in [0.4, 0.5) is 4.79 Å². The molecular formula is C17H26N2O3. The Morgan fingerprint density at radius 1 is 1.32 bits per heavy atom. The molecule has 0 bridgehead atoms. The number of hydrogen-bond donors (Lipinski definition) is 3. The van der Waals surface area contributed by atoms with Crippen molar-refractivity contribution in [3.63, 3.8) is 0 Å². The number of benzene rings is 1. The number of hydrogen-bond acceptors (Lipinski definition) is 3. The van der Waals surface area contributed by atoms with Crippen LogP contribution in [0, 0.1) is 0 Å². The molecule has 22 heavy (non-hydrogen) atoms. The molecule has 1 aliphatic rings. The van der Waals surface area contributed by atoms with Gasteiger partial charge in [-0.2, -0.15) is 0 Å². The number of nitrogens with one attached hydrogen (secondary N) is 2. The normalized spacial score (nSPS) is 18.5. The van der Waals surface area contributed by atoms with E-state index in [0.29, 0.717) is 19.6 Å². The van der Waals surface area contributed by atoms with Gasteiger partial charge in [0.15, 0.2) is 0 Å². The molecule has 0 radical (unpaired) electrons. The van der Waals surface area contributed by atoms with Gasteiger partial charge in [0.05, 0.1) is 5.60 Å². The standard InChI is InChI=1S/C17H26N2O3/c1-17(21,10-7-14-5-3-2-4-6-14)13-18-16(20)19-15-8-11-22-12-9-15/h2-6,15,21H,7-13H2,1H3,(H2,18,19,20). The highest BCUT2D eigenvalue weighted by Gasteiger charge is 2.22. The summed E-state index contributed by atoms with van der Waals surface area (Å²) >= 11 is 0. The Morgan fingerprint density at radius 3 is 2.68 bits per heavy atom. The van der Waals surface area contributed by atoms with Crippen LogP contribution in [-0.4, -0.2) is 42.5 Å². The minimum Gasteiger partial charge on any atom is -0.388 e. The summed E-state index contributed by atoms with van der Waals surface area (Å²) in [5, 5.41) is 16.1. The van der Waals surface area contributed by atoms with E-state index in [1.165, 1.54) is 5.56 Å². The van der Waals surface area contributed by atoms with Gasteiger partial charge in [0, 0.05) is 25.8 Å². The van der Waals surface area contributed by atoms with Crippen molar-refractivity contribution in [2.75, 3.05) is 19.8 Å². The van der Waals surface area contributed by atoms with Crippen LogP contribution in [0.2, 0.25) is 0 Å². The molecule has 3 N–H and O–H groups in total. The predicted octanol–water partition coefficient (Wildman–Crippen LogP) is 1.85. The molecule has 0 saturated carbocycles. The number of carbonyl (C=O) groups is 1. The largest absolute Gasteiger partial charge is 0.388 e. The molecule has 122 valence electrons. The minimum atomic E-state index is -0.914. The Bertz CT molecular complexity index is 456. The van der Waals surface area contributed by atoms with E-state index >= 15 is 0 Å². The van der Waals surface area contributed by atoms with Crippen LogP contribution in [0.1, 0.15) is 31.7 Å². The van der Waals surface area contributed by atoms with Crippen LogP contribution in [0.15, 0.2) is 30.3 Å². The summed E-state index contributed by atoms with van der Waals surface area (Å²) in [4.78, 5) is 11.9. The number of amides is 2. The summed E-state index contributed by atoms with van der Waals surface area (Å²) in [6.07, 6.45) is 3.08. The summed E-state index contributed by atoms with van der Waals surface area (Å²) in [5.74, 6) is 0. The zero-order valence-corrected chi connectivity index (χ0v) is 13.2. The van der Waals surface area contributed by atoms with E-state index in [1.807, 2.05) is 30.3 Å². The van der Waals surface area contributed by atoms with Gasteiger partial charge in [-0.15, -0.1) is 0 Å². The first kappa shape index (κ1) is 16.8. The number of aliphatic hydroxyl groups is 1. The van der Waals surface area contributed by atoms with Gasteiger partial charge < -0.3 is 20.5 Å². The number of rotatable bonds is 6. The van der Waals surface area contributed by atoms with Crippen molar-refractivity contribution < 1.29 is 14.6 Å². The number of urea groups is 1. The van der Waals surface area contributed by atoms with Gasteiger partial charge in [0.2, 0.25) is 0 Å². The second kappa shape index (κ2) is 8.15. The second-order valence-electron chi connectivity index (χ2n) is 6.20. The smallest absolute Gasteiger partial charge is 0.315 e. The zero-order valence-electron chi connectivity index (χ0n) is 13.2. The molecule has 1 aromatic carbocycles. The molecule has 1 atom stereocenters. The van der Waals surface area contributed by atoms with Gasteiger partial charge in [-0.05, 0) is 38.2 Å². The average molecular weight is 306 g/mol. The van der Waals surface area contributed by atoms with Crippen molar-refractivity contribution in [3.05, 3.63) is 35.9 Å². The SMILES string of the molecule is CC(O)(CCc1ccccc1)CNC(=O)NC1CCOCC1. The molecule has 2 amide bonds. The van der Waals surface area contributed by atoms with Gasteiger partial charge in [-0.25, -0.2) is 4.79 Å². The van der Waals surface area contributed by atoms with E-state index in [0.717, 1.165) is 19.3 Å². The quantitative estimate of drug-likeness (QED) is 0.751. The fraction of sp³-hybridized carbons (Fsp3) is 0.588. The predicted molar refractivity (Wildman–Crippen MR) is 85.8 cm³/mol. The van der Waals surface area contributed by atoms with Gasteiger partial charge in [0.1, 0.15) is 0 Å². The Labute approximate surface area is 132 Å². The summed E-state index contributed by atoms with van der Waals surface area (Å²) < 4.78 is 5.26. The third-order valence-corrected chi connectivity index (χ3v) is 3.98. The van der Waals surface area contributed by atoms with Gasteiger partial charge in [-0.3, -0.25) is 0 Å². The molecular weight excluding hydrogens is 280 g/mol. The second-order valence-corrected chi connectivity index (χ2v) is 6.20. The van der Waals surface area contributed by atoms with E-state index in [-0.39, 0.29) is 18.6 Å². The van der Waals surface area contributed by atoms with Crippen molar-refractivity contribution in [1.82, 2.24) is 10.6 Å². The molecule has 0 spiro atoms. The molecule has 1 aromatic rings. The summed E-state index contributed by atoms with van der Waals surface area (Å²) in [7, 11) is 0. The van der Waals surface area contributed by atoms with Crippen LogP contribution in [0.5, 0.6) is 0 Å². The topological polar surface area (TPSA) is 70.6 Å². The lowest BCUT2D eigenvalue weighted by Gasteiger charge is -2.26. The Balaban J connectivity index is 1.68. The van der Waals surface area contributed by atoms with E-state index in [2.05, 4.69) is 10.6 Å². The Hall–Kier alpha value is -1.59. The highest BCUT2D eigenvalue weighted by atomic mass is 16.5. The molecule has 1 fully saturated rings. The van der Waals surface area contributed by atoms with E-state index in [4.69, 9.17) is 4.74 Å². The molecule has 5 nitrogen and oxygen atoms in total. The molecule has 1 saturated heterocycles. The van der Waals surface area contributed by atoms with Gasteiger partial charge in [-0.1, -0.05) is 30.3 Å². The highest BCUT2D eigenvalue weighted by molar-refractivity contribution is 5.74. The van der Waals surface area contributed by atoms with Crippen molar-refractivity contribution >= 4 is 6.03 Å². The van der Waals surface area contributed by atoms with Crippen molar-refractivity contribution in [1.29, 1.82) is 0 Å². The lowest BCUT2D eigenvalue weighted by molar-refractivity contribution is 0.0523. The van der Waals surface area contributed by atoms with Crippen molar-refractivity contribution in [2.45, 2.75) is 44.2 Å². The van der Waals surface area contributed by atoms with Crippen LogP contribution >= 0.6 is 0 Å². The van der Waals surface area contributed by atoms with Gasteiger partial charge in [0.25, 0.3) is 0 Å². The first-order chi connectivity index (χ1) is 10.6. The third kappa shape index (κ3) is 6.03. The average Bonchev–Trinajstić information content (AvgIpc) is 2.53. The molecule has 2 rings (SSSR count). The van der Waals surface area contributed by atoms with Crippen LogP contribution in [0.3, 0.4) is 0 Å². The Morgan fingerprint density at radius 2 is 2.00 bits per heavy atom. The minimum absolute atomic E-state index is 0.169. The monoisotopic (exact) mass is 306 g/mol. The van der Waals surface area contributed by atoms with Crippen LogP contribution in [0.25, 0.3) is 0 Å². The van der Waals surface area contributed by atoms with Crippen LogP contribution < -0.4 is 10.6 Å². The van der Waals surface area contributed by atoms with Crippen molar-refractivity contribution in [3.8, 4) is 0 Å². The third-order valence-electron chi connectivity index (χ3n) is 3.98.